The van der Waals surface area contributed by atoms with Gasteiger partial charge in [-0.3, -0.25) is 0 Å². The zero-order valence-electron chi connectivity index (χ0n) is 32.8. The quantitative estimate of drug-likeness (QED) is 0.162. The van der Waals surface area contributed by atoms with Crippen LogP contribution in [-0.2, 0) is 5.41 Å². The Labute approximate surface area is 346 Å². The van der Waals surface area contributed by atoms with Gasteiger partial charge < -0.3 is 9.71 Å². The summed E-state index contributed by atoms with van der Waals surface area (Å²) in [6.07, 6.45) is 0. The van der Waals surface area contributed by atoms with Crippen LogP contribution in [0.2, 0.25) is 0 Å². The third-order valence-corrected chi connectivity index (χ3v) is 12.9. The molecule has 0 fully saturated rings. The molecule has 3 heteroatoms. The summed E-state index contributed by atoms with van der Waals surface area (Å²) in [5.41, 5.74) is 21.9. The Morgan fingerprint density at radius 3 is 1.68 bits per heavy atom. The number of aryl methyl sites for hydroxylation is 1. The monoisotopic (exact) mass is 750 g/mol. The van der Waals surface area contributed by atoms with Gasteiger partial charge in [0.05, 0.1) is 11.1 Å². The second kappa shape index (κ2) is 13.1. The number of para-hydroxylation sites is 2. The Bertz CT molecular complexity index is 3030. The first-order chi connectivity index (χ1) is 29.2. The molecule has 276 valence electrons. The van der Waals surface area contributed by atoms with E-state index in [2.05, 4.69) is 235 Å². The minimum absolute atomic E-state index is 0.0950. The van der Waals surface area contributed by atoms with E-state index in [0.29, 0.717) is 0 Å². The zero-order chi connectivity index (χ0) is 39.1. The van der Waals surface area contributed by atoms with E-state index in [-0.39, 0.29) is 6.85 Å². The molecule has 0 atom stereocenters. The predicted molar refractivity (Wildman–Crippen MR) is 248 cm³/mol. The highest BCUT2D eigenvalue weighted by molar-refractivity contribution is 6.93. The van der Waals surface area contributed by atoms with Gasteiger partial charge in [-0.05, 0) is 110 Å². The van der Waals surface area contributed by atoms with Crippen molar-refractivity contribution in [2.24, 2.45) is 0 Å². The van der Waals surface area contributed by atoms with E-state index < -0.39 is 5.41 Å². The average Bonchev–Trinajstić information content (AvgIpc) is 3.31. The maximum Gasteiger partial charge on any atom is 0.333 e. The summed E-state index contributed by atoms with van der Waals surface area (Å²) in [6, 6.07) is 81.2. The van der Waals surface area contributed by atoms with E-state index in [1.54, 1.807) is 0 Å². The Kier molecular flexibility index (Phi) is 7.49. The summed E-state index contributed by atoms with van der Waals surface area (Å²) in [7, 11) is 0. The third kappa shape index (κ3) is 4.88. The largest absolute Gasteiger partial charge is 0.376 e. The Balaban J connectivity index is 1.20. The first-order valence-electron chi connectivity index (χ1n) is 20.6. The van der Waals surface area contributed by atoms with Gasteiger partial charge in [0, 0.05) is 28.3 Å². The molecule has 59 heavy (non-hydrogen) atoms. The van der Waals surface area contributed by atoms with Crippen molar-refractivity contribution in [2.75, 3.05) is 9.71 Å². The van der Waals surface area contributed by atoms with Crippen LogP contribution in [0, 0.1) is 6.92 Å². The van der Waals surface area contributed by atoms with E-state index in [0.717, 1.165) is 0 Å². The molecule has 0 amide bonds. The standard InChI is InChI=1S/C56H39BN2/c1-38-34-47-46-37-42(40-20-8-3-9-21-40)32-33-51(46)59(45-27-16-22-41(36-45)39-18-6-2-7-19-39)57-50-30-17-29-49-55(50)58(53(35-38)54(47)57)52-31-15-14-28-48(52)56(49,43-23-10-4-11-24-43)44-25-12-5-13-26-44/h2-37H,1H3. The van der Waals surface area contributed by atoms with Crippen molar-refractivity contribution in [3.8, 4) is 33.4 Å². The van der Waals surface area contributed by atoms with Gasteiger partial charge in [0.15, 0.2) is 0 Å². The van der Waals surface area contributed by atoms with Crippen LogP contribution in [0.5, 0.6) is 0 Å². The Hall–Kier alpha value is -7.36. The fraction of sp³-hybridized carbons (Fsp3) is 0.0357. The lowest BCUT2D eigenvalue weighted by Crippen LogP contribution is -2.62. The minimum atomic E-state index is -0.555. The number of fused-ring (bicyclic) bond motifs is 6. The molecule has 0 spiro atoms. The smallest absolute Gasteiger partial charge is 0.333 e. The van der Waals surface area contributed by atoms with E-state index >= 15 is 0 Å². The van der Waals surface area contributed by atoms with Crippen LogP contribution in [0.4, 0.5) is 28.4 Å². The van der Waals surface area contributed by atoms with Crippen molar-refractivity contribution in [1.82, 2.24) is 0 Å². The highest BCUT2D eigenvalue weighted by Crippen LogP contribution is 2.59. The van der Waals surface area contributed by atoms with E-state index in [9.17, 15) is 0 Å². The molecule has 0 saturated carbocycles. The molecule has 0 N–H and O–H groups in total. The fourth-order valence-corrected chi connectivity index (χ4v) is 10.6. The van der Waals surface area contributed by atoms with Gasteiger partial charge in [0.2, 0.25) is 0 Å². The molecule has 0 bridgehead atoms. The Morgan fingerprint density at radius 1 is 0.407 bits per heavy atom. The second-order valence-electron chi connectivity index (χ2n) is 16.1. The van der Waals surface area contributed by atoms with Crippen LogP contribution >= 0.6 is 0 Å². The minimum Gasteiger partial charge on any atom is -0.376 e. The summed E-state index contributed by atoms with van der Waals surface area (Å²) in [6.45, 7) is 2.17. The Morgan fingerprint density at radius 2 is 0.983 bits per heavy atom. The second-order valence-corrected chi connectivity index (χ2v) is 16.1. The maximum atomic E-state index is 2.64. The molecule has 0 aliphatic carbocycles. The van der Waals surface area contributed by atoms with Crippen LogP contribution in [0.25, 0.3) is 33.4 Å². The number of nitrogens with zero attached hydrogens (tertiary/aromatic N) is 2. The molecular weight excluding hydrogens is 711 g/mol. The van der Waals surface area contributed by atoms with E-state index in [4.69, 9.17) is 0 Å². The van der Waals surface area contributed by atoms with Gasteiger partial charge in [-0.2, -0.15) is 0 Å². The van der Waals surface area contributed by atoms with Crippen LogP contribution in [0.3, 0.4) is 0 Å². The van der Waals surface area contributed by atoms with Gasteiger partial charge in [-0.1, -0.05) is 182 Å². The third-order valence-electron chi connectivity index (χ3n) is 12.9. The highest BCUT2D eigenvalue weighted by atomic mass is 15.2. The number of rotatable bonds is 5. The molecule has 9 aromatic carbocycles. The van der Waals surface area contributed by atoms with Gasteiger partial charge >= 0.3 is 6.85 Å². The molecule has 3 heterocycles. The van der Waals surface area contributed by atoms with Gasteiger partial charge in [-0.25, -0.2) is 0 Å². The number of hydrogen-bond acceptors (Lipinski definition) is 2. The van der Waals surface area contributed by atoms with Crippen molar-refractivity contribution < 1.29 is 0 Å². The van der Waals surface area contributed by atoms with Gasteiger partial charge in [0.25, 0.3) is 0 Å². The summed E-state index contributed by atoms with van der Waals surface area (Å²) >= 11 is 0. The van der Waals surface area contributed by atoms with Gasteiger partial charge in [0.1, 0.15) is 0 Å². The maximum absolute atomic E-state index is 2.64. The fourth-order valence-electron chi connectivity index (χ4n) is 10.6. The molecular formula is C56H39BN2. The molecule has 3 aliphatic rings. The lowest BCUT2D eigenvalue weighted by Gasteiger charge is -2.52. The van der Waals surface area contributed by atoms with Crippen molar-refractivity contribution in [1.29, 1.82) is 0 Å². The van der Waals surface area contributed by atoms with Crippen molar-refractivity contribution >= 4 is 46.2 Å². The molecule has 12 rings (SSSR count). The summed E-state index contributed by atoms with van der Waals surface area (Å²) in [5.74, 6) is 0. The number of benzene rings is 9. The summed E-state index contributed by atoms with van der Waals surface area (Å²) < 4.78 is 0. The van der Waals surface area contributed by atoms with Crippen molar-refractivity contribution in [3.63, 3.8) is 0 Å². The molecule has 0 radical (unpaired) electrons. The van der Waals surface area contributed by atoms with Crippen molar-refractivity contribution in [2.45, 2.75) is 12.3 Å². The molecule has 2 nitrogen and oxygen atoms in total. The molecule has 9 aromatic rings. The van der Waals surface area contributed by atoms with Gasteiger partial charge in [-0.15, -0.1) is 0 Å². The summed E-state index contributed by atoms with van der Waals surface area (Å²) in [5, 5.41) is 0. The predicted octanol–water partition coefficient (Wildman–Crippen LogP) is 12.7. The van der Waals surface area contributed by atoms with E-state index in [1.165, 1.54) is 101 Å². The lowest BCUT2D eigenvalue weighted by atomic mass is 9.42. The molecule has 0 unspecified atom stereocenters. The van der Waals surface area contributed by atoms with Crippen LogP contribution in [0.1, 0.15) is 27.8 Å². The number of hydrogen-bond donors (Lipinski definition) is 0. The topological polar surface area (TPSA) is 6.48 Å². The first kappa shape index (κ1) is 33.8. The van der Waals surface area contributed by atoms with Crippen LogP contribution < -0.4 is 20.6 Å². The molecule has 0 aromatic heterocycles. The first-order valence-corrected chi connectivity index (χ1v) is 20.6. The van der Waals surface area contributed by atoms with Crippen LogP contribution in [-0.4, -0.2) is 6.85 Å². The SMILES string of the molecule is Cc1cc2c3c(c1)N1c4ccccc4C(c4ccccc4)(c4ccccc4)c4cccc(c41)B3N(c1cccc(-c3ccccc3)c1)c1ccc(-c3ccccc3)cc1-2. The van der Waals surface area contributed by atoms with Crippen molar-refractivity contribution in [3.05, 3.63) is 246 Å². The molecule has 0 saturated heterocycles. The lowest BCUT2D eigenvalue weighted by molar-refractivity contribution is 0.732. The zero-order valence-corrected chi connectivity index (χ0v) is 32.8. The number of anilines is 5. The summed E-state index contributed by atoms with van der Waals surface area (Å²) in [4.78, 5) is 5.25. The average molecular weight is 751 g/mol. The molecule has 3 aliphatic heterocycles. The highest BCUT2D eigenvalue weighted by Gasteiger charge is 2.52. The van der Waals surface area contributed by atoms with Crippen LogP contribution in [0.15, 0.2) is 218 Å². The normalized spacial score (nSPS) is 13.9. The van der Waals surface area contributed by atoms with E-state index in [1.807, 2.05) is 0 Å².